The Bertz CT molecular complexity index is 763. The number of amides is 3. The molecule has 0 aromatic heterocycles. The van der Waals surface area contributed by atoms with Gasteiger partial charge in [0.1, 0.15) is 0 Å². The van der Waals surface area contributed by atoms with Crippen LogP contribution in [-0.2, 0) is 9.59 Å². The molecule has 2 saturated heterocycles. The molecule has 1 aromatic rings. The zero-order chi connectivity index (χ0) is 20.4. The first-order chi connectivity index (χ1) is 13.2. The predicted molar refractivity (Wildman–Crippen MR) is 108 cm³/mol. The first kappa shape index (κ1) is 20.3. The first-order valence-electron chi connectivity index (χ1n) is 9.89. The number of benzene rings is 1. The Kier molecular flexibility index (Phi) is 6.03. The van der Waals surface area contributed by atoms with Gasteiger partial charge in [-0.3, -0.25) is 19.3 Å². The van der Waals surface area contributed by atoms with Crippen LogP contribution in [0.5, 0.6) is 0 Å². The molecule has 0 aliphatic carbocycles. The maximum Gasteiger partial charge on any atom is 0.251 e. The molecule has 2 aliphatic rings. The van der Waals surface area contributed by atoms with E-state index < -0.39 is 0 Å². The molecule has 2 N–H and O–H groups in total. The largest absolute Gasteiger partial charge is 0.349 e. The van der Waals surface area contributed by atoms with Crippen LogP contribution in [0.15, 0.2) is 18.2 Å². The molecule has 2 unspecified atom stereocenters. The molecule has 28 heavy (non-hydrogen) atoms. The van der Waals surface area contributed by atoms with Crippen molar-refractivity contribution in [3.63, 3.8) is 0 Å². The normalized spacial score (nSPS) is 23.9. The molecule has 0 saturated carbocycles. The predicted octanol–water partition coefficient (Wildman–Crippen LogP) is 1.77. The van der Waals surface area contributed by atoms with Crippen molar-refractivity contribution in [1.29, 1.82) is 0 Å². The lowest BCUT2D eigenvalue weighted by Gasteiger charge is -2.39. The molecule has 1 aromatic carbocycles. The smallest absolute Gasteiger partial charge is 0.251 e. The van der Waals surface area contributed by atoms with E-state index in [9.17, 15) is 14.4 Å². The summed E-state index contributed by atoms with van der Waals surface area (Å²) in [6.45, 7) is 3.81. The molecule has 2 bridgehead atoms. The first-order valence-corrected chi connectivity index (χ1v) is 9.89. The molecule has 152 valence electrons. The minimum Gasteiger partial charge on any atom is -0.349 e. The zero-order valence-electron chi connectivity index (χ0n) is 17.1. The number of likely N-dealkylation sites (N-methyl/N-ethyl adjacent to an activating group) is 1. The van der Waals surface area contributed by atoms with Gasteiger partial charge < -0.3 is 15.5 Å². The fourth-order valence-corrected chi connectivity index (χ4v) is 4.30. The highest BCUT2D eigenvalue weighted by atomic mass is 16.2. The third-order valence-corrected chi connectivity index (χ3v) is 5.85. The van der Waals surface area contributed by atoms with Crippen LogP contribution in [0.2, 0.25) is 0 Å². The molecule has 2 atom stereocenters. The summed E-state index contributed by atoms with van der Waals surface area (Å²) in [7, 11) is 3.57. The second kappa shape index (κ2) is 8.31. The van der Waals surface area contributed by atoms with Gasteiger partial charge in [-0.1, -0.05) is 6.07 Å². The summed E-state index contributed by atoms with van der Waals surface area (Å²) >= 11 is 0. The SMILES string of the molecule is CC(=O)Nc1cc(C(=O)NC2CC3CCC(C2)N3CC(=O)N(C)C)ccc1C. The van der Waals surface area contributed by atoms with Crippen LogP contribution in [0.1, 0.15) is 48.5 Å². The van der Waals surface area contributed by atoms with E-state index in [1.165, 1.54) is 6.92 Å². The summed E-state index contributed by atoms with van der Waals surface area (Å²) < 4.78 is 0. The van der Waals surface area contributed by atoms with Crippen LogP contribution in [0, 0.1) is 6.92 Å². The fourth-order valence-electron chi connectivity index (χ4n) is 4.30. The summed E-state index contributed by atoms with van der Waals surface area (Å²) in [5.74, 6) is -0.143. The summed E-state index contributed by atoms with van der Waals surface area (Å²) in [6, 6.07) is 6.17. The molecule has 3 rings (SSSR count). The number of anilines is 1. The van der Waals surface area contributed by atoms with Crippen LogP contribution >= 0.6 is 0 Å². The summed E-state index contributed by atoms with van der Waals surface area (Å²) in [5.41, 5.74) is 2.13. The van der Waals surface area contributed by atoms with E-state index in [0.29, 0.717) is 29.9 Å². The van der Waals surface area contributed by atoms with Gasteiger partial charge in [-0.25, -0.2) is 0 Å². The highest BCUT2D eigenvalue weighted by Gasteiger charge is 2.41. The molecule has 0 radical (unpaired) electrons. The Hall–Kier alpha value is -2.41. The van der Waals surface area contributed by atoms with Crippen LogP contribution in [0.4, 0.5) is 5.69 Å². The lowest BCUT2D eigenvalue weighted by molar-refractivity contribution is -0.131. The van der Waals surface area contributed by atoms with E-state index in [4.69, 9.17) is 0 Å². The van der Waals surface area contributed by atoms with E-state index >= 15 is 0 Å². The molecule has 2 heterocycles. The van der Waals surface area contributed by atoms with Gasteiger partial charge in [0, 0.05) is 50.4 Å². The molecule has 2 aliphatic heterocycles. The molecule has 7 nitrogen and oxygen atoms in total. The summed E-state index contributed by atoms with van der Waals surface area (Å²) in [6.07, 6.45) is 3.89. The highest BCUT2D eigenvalue weighted by molar-refractivity contribution is 5.97. The standard InChI is InChI=1S/C21H30N4O3/c1-13-5-6-15(9-19(13)22-14(2)26)21(28)23-16-10-17-7-8-18(11-16)25(17)12-20(27)24(3)4/h5-6,9,16-18H,7-8,10-12H2,1-4H3,(H,22,26)(H,23,28). The number of hydrogen-bond acceptors (Lipinski definition) is 4. The number of carbonyl (C=O) groups is 3. The Morgan fingerprint density at radius 3 is 2.36 bits per heavy atom. The number of rotatable bonds is 5. The van der Waals surface area contributed by atoms with E-state index in [2.05, 4.69) is 15.5 Å². The second-order valence-electron chi connectivity index (χ2n) is 8.20. The molecule has 3 amide bonds. The lowest BCUT2D eigenvalue weighted by atomic mass is 9.96. The Morgan fingerprint density at radius 1 is 1.14 bits per heavy atom. The molecular formula is C21H30N4O3. The average molecular weight is 386 g/mol. The van der Waals surface area contributed by atoms with Crippen LogP contribution in [0.25, 0.3) is 0 Å². The van der Waals surface area contributed by atoms with Gasteiger partial charge in [-0.05, 0) is 50.3 Å². The summed E-state index contributed by atoms with van der Waals surface area (Å²) in [5, 5.41) is 5.93. The van der Waals surface area contributed by atoms with E-state index in [0.717, 1.165) is 31.2 Å². The van der Waals surface area contributed by atoms with Gasteiger partial charge in [0.05, 0.1) is 6.54 Å². The Morgan fingerprint density at radius 2 is 1.79 bits per heavy atom. The monoisotopic (exact) mass is 386 g/mol. The fraction of sp³-hybridized carbons (Fsp3) is 0.571. The maximum atomic E-state index is 12.7. The average Bonchev–Trinajstić information content (AvgIpc) is 2.85. The Labute approximate surface area is 166 Å². The quantitative estimate of drug-likeness (QED) is 0.808. The molecule has 2 fully saturated rings. The molecule has 0 spiro atoms. The van der Waals surface area contributed by atoms with Crippen molar-refractivity contribution in [3.05, 3.63) is 29.3 Å². The number of fused-ring (bicyclic) bond motifs is 2. The van der Waals surface area contributed by atoms with E-state index in [1.54, 1.807) is 31.1 Å². The van der Waals surface area contributed by atoms with Gasteiger partial charge >= 0.3 is 0 Å². The lowest BCUT2D eigenvalue weighted by Crippen LogP contribution is -2.52. The van der Waals surface area contributed by atoms with Crippen LogP contribution in [0.3, 0.4) is 0 Å². The third-order valence-electron chi connectivity index (χ3n) is 5.85. The van der Waals surface area contributed by atoms with Gasteiger partial charge in [0.15, 0.2) is 0 Å². The van der Waals surface area contributed by atoms with Crippen molar-refractivity contribution in [2.24, 2.45) is 0 Å². The van der Waals surface area contributed by atoms with Crippen molar-refractivity contribution < 1.29 is 14.4 Å². The molecule has 7 heteroatoms. The summed E-state index contributed by atoms with van der Waals surface area (Å²) in [4.78, 5) is 40.1. The van der Waals surface area contributed by atoms with E-state index in [1.807, 2.05) is 13.0 Å². The van der Waals surface area contributed by atoms with Crippen LogP contribution in [-0.4, -0.2) is 66.3 Å². The van der Waals surface area contributed by atoms with Crippen molar-refractivity contribution in [1.82, 2.24) is 15.1 Å². The third kappa shape index (κ3) is 4.52. The van der Waals surface area contributed by atoms with Crippen molar-refractivity contribution in [2.45, 2.75) is 57.7 Å². The number of nitrogens with zero attached hydrogens (tertiary/aromatic N) is 2. The van der Waals surface area contributed by atoms with E-state index in [-0.39, 0.29) is 23.8 Å². The second-order valence-corrected chi connectivity index (χ2v) is 8.20. The van der Waals surface area contributed by atoms with Gasteiger partial charge in [-0.2, -0.15) is 0 Å². The van der Waals surface area contributed by atoms with Gasteiger partial charge in [0.25, 0.3) is 5.91 Å². The van der Waals surface area contributed by atoms with Crippen molar-refractivity contribution >= 4 is 23.4 Å². The van der Waals surface area contributed by atoms with Crippen molar-refractivity contribution in [2.75, 3.05) is 26.0 Å². The minimum atomic E-state index is -0.156. The maximum absolute atomic E-state index is 12.7. The van der Waals surface area contributed by atoms with Crippen molar-refractivity contribution in [3.8, 4) is 0 Å². The highest BCUT2D eigenvalue weighted by Crippen LogP contribution is 2.35. The number of aryl methyl sites for hydroxylation is 1. The van der Waals surface area contributed by atoms with Gasteiger partial charge in [0.2, 0.25) is 11.8 Å². The Balaban J connectivity index is 1.62. The number of hydrogen-bond donors (Lipinski definition) is 2. The van der Waals surface area contributed by atoms with Crippen LogP contribution < -0.4 is 10.6 Å². The van der Waals surface area contributed by atoms with Gasteiger partial charge in [-0.15, -0.1) is 0 Å². The number of carbonyl (C=O) groups excluding carboxylic acids is 3. The number of piperidine rings is 1. The number of nitrogens with one attached hydrogen (secondary N) is 2. The topological polar surface area (TPSA) is 81.8 Å². The minimum absolute atomic E-state index is 0.112. The zero-order valence-corrected chi connectivity index (χ0v) is 17.1. The molecular weight excluding hydrogens is 356 g/mol.